The zero-order chi connectivity index (χ0) is 30.5. The number of nitrogens with zero attached hydrogens (tertiary/aromatic N) is 5. The normalized spacial score (nSPS) is 9.93. The summed E-state index contributed by atoms with van der Waals surface area (Å²) in [5.41, 5.74) is 5.86. The lowest BCUT2D eigenvalue weighted by atomic mass is 10.2. The lowest BCUT2D eigenvalue weighted by Crippen LogP contribution is -2.27. The molecule has 0 saturated heterocycles. The summed E-state index contributed by atoms with van der Waals surface area (Å²) < 4.78 is 10.3. The van der Waals surface area contributed by atoms with Gasteiger partial charge in [-0.3, -0.25) is 9.63 Å². The molecule has 0 fully saturated rings. The van der Waals surface area contributed by atoms with Crippen molar-refractivity contribution >= 4 is 56.1 Å². The summed E-state index contributed by atoms with van der Waals surface area (Å²) in [7, 11) is 9.83. The van der Waals surface area contributed by atoms with Crippen molar-refractivity contribution in [2.75, 3.05) is 34.9 Å². The van der Waals surface area contributed by atoms with E-state index in [1.807, 2.05) is 60.9 Å². The van der Waals surface area contributed by atoms with Gasteiger partial charge in [-0.25, -0.2) is 25.3 Å². The molecule has 11 nitrogen and oxygen atoms in total. The van der Waals surface area contributed by atoms with E-state index in [2.05, 4.69) is 52.1 Å². The maximum absolute atomic E-state index is 12.0. The predicted molar refractivity (Wildman–Crippen MR) is 171 cm³/mol. The molecule has 2 aromatic carbocycles. The van der Waals surface area contributed by atoms with Gasteiger partial charge in [-0.05, 0) is 31.2 Å². The first-order valence-corrected chi connectivity index (χ1v) is 13.9. The number of amides is 1. The SMILES string of the molecule is CCOC(=O)c1nc(-c2ccc(Br)cc2)cn1C.CNOC.CON(C)C(=O)c1nc(-c2ccc(Br)cc2)cn1C.Cl. The molecule has 1 amide bonds. The Balaban J connectivity index is 0.000000365. The van der Waals surface area contributed by atoms with Crippen LogP contribution in [0.2, 0.25) is 0 Å². The molecule has 2 aromatic heterocycles. The van der Waals surface area contributed by atoms with E-state index in [1.54, 1.807) is 51.4 Å². The molecular weight excluding hydrogens is 696 g/mol. The molecule has 1 N–H and O–H groups in total. The van der Waals surface area contributed by atoms with E-state index < -0.39 is 5.97 Å². The smallest absolute Gasteiger partial charge is 0.374 e. The Bertz CT molecular complexity index is 1410. The van der Waals surface area contributed by atoms with Crippen LogP contribution in [0.5, 0.6) is 0 Å². The standard InChI is InChI=1S/C13H14BrN3O2.C13H13BrN2O2.C2H7NO.ClH/c1-16-8-11(9-4-6-10(14)7-5-9)15-12(16)13(18)17(2)19-3;1-3-18-13(17)12-15-11(8-16(12)2)9-4-6-10(14)7-5-9;1-3-4-2;/h4-8H,1-3H3;4-8H,3H2,1-2H3;3H,1-2H3;1H. The Kier molecular flexibility index (Phi) is 16.2. The lowest BCUT2D eigenvalue weighted by Gasteiger charge is -2.12. The average Bonchev–Trinajstić information content (AvgIpc) is 3.56. The van der Waals surface area contributed by atoms with Gasteiger partial charge in [-0.1, -0.05) is 56.1 Å². The number of hydrogen-bond acceptors (Lipinski definition) is 8. The van der Waals surface area contributed by atoms with Crippen LogP contribution in [-0.4, -0.2) is 71.0 Å². The summed E-state index contributed by atoms with van der Waals surface area (Å²) in [6.45, 7) is 2.12. The maximum atomic E-state index is 12.0. The molecule has 2 heterocycles. The topological polar surface area (TPSA) is 113 Å². The van der Waals surface area contributed by atoms with E-state index in [0.29, 0.717) is 18.3 Å². The highest BCUT2D eigenvalue weighted by atomic mass is 79.9. The van der Waals surface area contributed by atoms with Crippen molar-refractivity contribution in [3.05, 3.63) is 81.5 Å². The number of esters is 1. The molecule has 0 unspecified atom stereocenters. The van der Waals surface area contributed by atoms with E-state index in [-0.39, 0.29) is 18.3 Å². The highest BCUT2D eigenvalue weighted by Gasteiger charge is 2.19. The summed E-state index contributed by atoms with van der Waals surface area (Å²) in [6.07, 6.45) is 3.63. The number of rotatable bonds is 7. The Labute approximate surface area is 268 Å². The van der Waals surface area contributed by atoms with Gasteiger partial charge < -0.3 is 18.7 Å². The second kappa shape index (κ2) is 18.5. The Morgan fingerprint density at radius 1 is 0.857 bits per heavy atom. The largest absolute Gasteiger partial charge is 0.460 e. The number of carbonyl (C=O) groups is 2. The predicted octanol–water partition coefficient (Wildman–Crippen LogP) is 5.70. The molecule has 228 valence electrons. The van der Waals surface area contributed by atoms with Crippen molar-refractivity contribution < 1.29 is 24.0 Å². The van der Waals surface area contributed by atoms with Crippen LogP contribution in [0.15, 0.2) is 69.9 Å². The van der Waals surface area contributed by atoms with Gasteiger partial charge in [0.25, 0.3) is 0 Å². The molecule has 0 radical (unpaired) electrons. The number of carbonyl (C=O) groups excluding carboxylic acids is 2. The zero-order valence-electron chi connectivity index (χ0n) is 24.4. The molecule has 4 aromatic rings. The highest BCUT2D eigenvalue weighted by Crippen LogP contribution is 2.22. The minimum absolute atomic E-state index is 0. The Morgan fingerprint density at radius 2 is 1.26 bits per heavy atom. The fourth-order valence-corrected chi connectivity index (χ4v) is 3.79. The van der Waals surface area contributed by atoms with Crippen molar-refractivity contribution in [1.82, 2.24) is 29.6 Å². The van der Waals surface area contributed by atoms with Crippen molar-refractivity contribution in [3.63, 3.8) is 0 Å². The number of ether oxygens (including phenoxy) is 1. The minimum Gasteiger partial charge on any atom is -0.460 e. The van der Waals surface area contributed by atoms with Crippen molar-refractivity contribution in [1.29, 1.82) is 0 Å². The van der Waals surface area contributed by atoms with Gasteiger partial charge in [-0.15, -0.1) is 12.4 Å². The Hall–Kier alpha value is -3.07. The number of hydroxylamine groups is 3. The fourth-order valence-electron chi connectivity index (χ4n) is 3.26. The summed E-state index contributed by atoms with van der Waals surface area (Å²) in [5, 5.41) is 1.15. The molecule has 0 atom stereocenters. The first kappa shape index (κ1) is 37.0. The van der Waals surface area contributed by atoms with Gasteiger partial charge in [-0.2, -0.15) is 0 Å². The van der Waals surface area contributed by atoms with Gasteiger partial charge in [0.2, 0.25) is 11.6 Å². The van der Waals surface area contributed by atoms with Crippen LogP contribution in [0, 0.1) is 0 Å². The number of benzene rings is 2. The number of hydrogen-bond donors (Lipinski definition) is 1. The van der Waals surface area contributed by atoms with E-state index >= 15 is 0 Å². The van der Waals surface area contributed by atoms with Crippen molar-refractivity contribution in [2.24, 2.45) is 14.1 Å². The molecule has 0 bridgehead atoms. The third-order valence-electron chi connectivity index (χ3n) is 5.45. The number of aromatic nitrogens is 4. The minimum atomic E-state index is -0.400. The first-order valence-electron chi connectivity index (χ1n) is 12.3. The first-order chi connectivity index (χ1) is 19.6. The van der Waals surface area contributed by atoms with Gasteiger partial charge in [0.15, 0.2) is 0 Å². The van der Waals surface area contributed by atoms with Gasteiger partial charge in [0.1, 0.15) is 0 Å². The van der Waals surface area contributed by atoms with E-state index in [0.717, 1.165) is 36.5 Å². The van der Waals surface area contributed by atoms with Crippen LogP contribution in [0.25, 0.3) is 22.5 Å². The molecule has 0 saturated carbocycles. The van der Waals surface area contributed by atoms with Crippen LogP contribution in [0.4, 0.5) is 0 Å². The van der Waals surface area contributed by atoms with Gasteiger partial charge in [0.05, 0.1) is 32.2 Å². The quantitative estimate of drug-likeness (QED) is 0.191. The van der Waals surface area contributed by atoms with E-state index in [1.165, 1.54) is 7.11 Å². The second-order valence-corrected chi connectivity index (χ2v) is 10.1. The third-order valence-corrected chi connectivity index (χ3v) is 6.50. The highest BCUT2D eigenvalue weighted by molar-refractivity contribution is 9.10. The van der Waals surface area contributed by atoms with Crippen molar-refractivity contribution in [3.8, 4) is 22.5 Å². The van der Waals surface area contributed by atoms with Crippen LogP contribution < -0.4 is 5.48 Å². The van der Waals surface area contributed by atoms with Gasteiger partial charge in [0, 0.05) is 60.7 Å². The summed E-state index contributed by atoms with van der Waals surface area (Å²) in [4.78, 5) is 41.5. The number of imidazole rings is 2. The molecule has 0 spiro atoms. The van der Waals surface area contributed by atoms with Crippen LogP contribution in [0.1, 0.15) is 28.2 Å². The monoisotopic (exact) mass is 728 g/mol. The molecule has 4 rings (SSSR count). The average molecular weight is 731 g/mol. The van der Waals surface area contributed by atoms with Crippen LogP contribution >= 0.6 is 44.3 Å². The van der Waals surface area contributed by atoms with Gasteiger partial charge >= 0.3 is 11.9 Å². The molecule has 0 aliphatic carbocycles. The summed E-state index contributed by atoms with van der Waals surface area (Å²) >= 11 is 6.77. The number of aryl methyl sites for hydroxylation is 2. The maximum Gasteiger partial charge on any atom is 0.374 e. The fraction of sp³-hybridized carbons (Fsp3) is 0.286. The molecule has 14 heteroatoms. The molecule has 0 aliphatic rings. The third kappa shape index (κ3) is 10.6. The second-order valence-electron chi connectivity index (χ2n) is 8.25. The summed E-state index contributed by atoms with van der Waals surface area (Å²) in [5.74, 6) is -0.0336. The lowest BCUT2D eigenvalue weighted by molar-refractivity contribution is -0.0766. The van der Waals surface area contributed by atoms with Crippen molar-refractivity contribution in [2.45, 2.75) is 6.92 Å². The van der Waals surface area contributed by atoms with Crippen LogP contribution in [-0.2, 0) is 28.5 Å². The Morgan fingerprint density at radius 3 is 1.64 bits per heavy atom. The molecule has 42 heavy (non-hydrogen) atoms. The number of halogens is 3. The zero-order valence-corrected chi connectivity index (χ0v) is 28.4. The summed E-state index contributed by atoms with van der Waals surface area (Å²) in [6, 6.07) is 15.5. The van der Waals surface area contributed by atoms with E-state index in [9.17, 15) is 9.59 Å². The van der Waals surface area contributed by atoms with Crippen LogP contribution in [0.3, 0.4) is 0 Å². The number of nitrogens with one attached hydrogen (secondary N) is 1. The molecule has 0 aliphatic heterocycles. The molecular formula is C28H35Br2ClN6O5. The van der Waals surface area contributed by atoms with E-state index in [4.69, 9.17) is 9.57 Å².